The fourth-order valence-corrected chi connectivity index (χ4v) is 6.94. The van der Waals surface area contributed by atoms with Gasteiger partial charge in [-0.3, -0.25) is 4.79 Å². The van der Waals surface area contributed by atoms with E-state index in [0.29, 0.717) is 25.6 Å². The third kappa shape index (κ3) is 7.21. The number of rotatable bonds is 12. The Morgan fingerprint density at radius 3 is 2.41 bits per heavy atom. The fraction of sp³-hybridized carbons (Fsp3) is 0.457. The van der Waals surface area contributed by atoms with Gasteiger partial charge >= 0.3 is 5.97 Å². The molecule has 0 aromatic heterocycles. The molecule has 0 heterocycles. The topological polar surface area (TPSA) is 69.7 Å². The van der Waals surface area contributed by atoms with Crippen molar-refractivity contribution in [3.05, 3.63) is 88.0 Å². The Labute approximate surface area is 245 Å². The first-order chi connectivity index (χ1) is 19.8. The maximum atomic E-state index is 12.0. The average Bonchev–Trinajstić information content (AvgIpc) is 3.78. The van der Waals surface area contributed by atoms with Crippen molar-refractivity contribution in [2.75, 3.05) is 24.7 Å². The smallest absolute Gasteiger partial charge is 0.309 e. The highest BCUT2D eigenvalue weighted by atomic mass is 32.2. The lowest BCUT2D eigenvalue weighted by Gasteiger charge is -2.17. The van der Waals surface area contributed by atoms with Crippen molar-refractivity contribution in [2.24, 2.45) is 5.92 Å². The van der Waals surface area contributed by atoms with Crippen LogP contribution in [0.1, 0.15) is 72.4 Å². The van der Waals surface area contributed by atoms with E-state index >= 15 is 0 Å². The minimum atomic E-state index is -2.97. The molecule has 5 rings (SSSR count). The molecular weight excluding hydrogens is 532 g/mol. The van der Waals surface area contributed by atoms with Gasteiger partial charge < -0.3 is 9.47 Å². The van der Waals surface area contributed by atoms with Gasteiger partial charge in [-0.05, 0) is 121 Å². The van der Waals surface area contributed by atoms with Crippen molar-refractivity contribution in [3.63, 3.8) is 0 Å². The first-order valence-electron chi connectivity index (χ1n) is 15.1. The van der Waals surface area contributed by atoms with E-state index in [4.69, 9.17) is 9.47 Å². The second kappa shape index (κ2) is 12.8. The van der Waals surface area contributed by atoms with E-state index in [1.807, 2.05) is 6.92 Å². The molecule has 2 aliphatic rings. The van der Waals surface area contributed by atoms with Crippen LogP contribution < -0.4 is 4.74 Å². The molecule has 0 radical (unpaired) electrons. The second-order valence-electron chi connectivity index (χ2n) is 11.5. The molecule has 0 saturated heterocycles. The Morgan fingerprint density at radius 1 is 0.927 bits per heavy atom. The van der Waals surface area contributed by atoms with Crippen LogP contribution >= 0.6 is 0 Å². The van der Waals surface area contributed by atoms with Gasteiger partial charge in [0.05, 0.1) is 24.9 Å². The zero-order chi connectivity index (χ0) is 29.0. The highest BCUT2D eigenvalue weighted by molar-refractivity contribution is 7.91. The van der Waals surface area contributed by atoms with Gasteiger partial charge in [0.15, 0.2) is 0 Å². The van der Waals surface area contributed by atoms with Crippen molar-refractivity contribution < 1.29 is 22.7 Å². The molecule has 0 aliphatic heterocycles. The normalized spacial score (nSPS) is 17.7. The summed E-state index contributed by atoms with van der Waals surface area (Å²) in [5.74, 6) is 1.45. The van der Waals surface area contributed by atoms with Gasteiger partial charge in [-0.2, -0.15) is 0 Å². The number of carbonyl (C=O) groups is 1. The lowest BCUT2D eigenvalue weighted by Crippen LogP contribution is -2.12. The molecule has 0 amide bonds. The molecule has 3 aromatic carbocycles. The SMILES string of the molecule is CCOC(=O)[C@H]1C[C@@H]1c1ccc(CCc2ccc3c(c2)-c2c(C)cc(OCCCS(=O)(=O)CC)cc2CCC3)cc1. The van der Waals surface area contributed by atoms with Crippen LogP contribution in [0.2, 0.25) is 0 Å². The van der Waals surface area contributed by atoms with E-state index in [-0.39, 0.29) is 23.4 Å². The number of esters is 1. The summed E-state index contributed by atoms with van der Waals surface area (Å²) >= 11 is 0. The molecule has 2 aliphatic carbocycles. The predicted molar refractivity (Wildman–Crippen MR) is 164 cm³/mol. The molecule has 0 N–H and O–H groups in total. The Bertz CT molecular complexity index is 1490. The maximum Gasteiger partial charge on any atom is 0.309 e. The first kappa shape index (κ1) is 29.4. The molecule has 1 fully saturated rings. The number of hydrogen-bond acceptors (Lipinski definition) is 5. The first-order valence-corrected chi connectivity index (χ1v) is 16.9. The van der Waals surface area contributed by atoms with Crippen molar-refractivity contribution in [1.82, 2.24) is 0 Å². The minimum Gasteiger partial charge on any atom is -0.494 e. The lowest BCUT2D eigenvalue weighted by atomic mass is 9.90. The van der Waals surface area contributed by atoms with Crippen LogP contribution in [0.5, 0.6) is 5.75 Å². The summed E-state index contributed by atoms with van der Waals surface area (Å²) in [6.07, 6.45) is 6.51. The van der Waals surface area contributed by atoms with Gasteiger partial charge in [0, 0.05) is 5.75 Å². The summed E-state index contributed by atoms with van der Waals surface area (Å²) in [5, 5.41) is 0. The molecule has 0 unspecified atom stereocenters. The molecule has 1 saturated carbocycles. The number of sulfone groups is 1. The number of benzene rings is 3. The van der Waals surface area contributed by atoms with Gasteiger partial charge in [0.1, 0.15) is 15.6 Å². The van der Waals surface area contributed by atoms with Crippen LogP contribution in [-0.4, -0.2) is 39.1 Å². The molecular formula is C35H42O5S. The monoisotopic (exact) mass is 574 g/mol. The molecule has 41 heavy (non-hydrogen) atoms. The molecule has 0 spiro atoms. The fourth-order valence-electron chi connectivity index (χ4n) is 6.10. The van der Waals surface area contributed by atoms with Crippen molar-refractivity contribution in [1.29, 1.82) is 0 Å². The van der Waals surface area contributed by atoms with Gasteiger partial charge in [-0.25, -0.2) is 8.42 Å². The van der Waals surface area contributed by atoms with Gasteiger partial charge in [0.2, 0.25) is 0 Å². The Hall–Kier alpha value is -3.12. The maximum absolute atomic E-state index is 12.0. The van der Waals surface area contributed by atoms with Crippen LogP contribution in [0.25, 0.3) is 11.1 Å². The largest absolute Gasteiger partial charge is 0.494 e. The number of fused-ring (bicyclic) bond motifs is 3. The number of carbonyl (C=O) groups excluding carboxylic acids is 1. The quantitative estimate of drug-likeness (QED) is 0.176. The standard InChI is InChI=1S/C35H42O5S/c1-4-39-35(36)33-23-31(33)28-15-12-25(13-16-28)10-11-26-14-17-27-8-6-9-29-22-30(20-24(3)34(29)32(27)21-26)40-18-7-19-41(37,38)5-2/h12-17,20-22,31,33H,4-11,18-19,23H2,1-3H3/t31-,33+/m1/s1. The average molecular weight is 575 g/mol. The molecule has 2 atom stereocenters. The summed E-state index contributed by atoms with van der Waals surface area (Å²) in [7, 11) is -2.97. The van der Waals surface area contributed by atoms with Crippen LogP contribution in [-0.2, 0) is 45.1 Å². The van der Waals surface area contributed by atoms with Crippen molar-refractivity contribution in [2.45, 2.75) is 71.6 Å². The molecule has 5 nitrogen and oxygen atoms in total. The number of ether oxygens (including phenoxy) is 2. The van der Waals surface area contributed by atoms with E-state index in [2.05, 4.69) is 61.5 Å². The van der Waals surface area contributed by atoms with E-state index < -0.39 is 9.84 Å². The minimum absolute atomic E-state index is 0.0268. The number of aryl methyl sites for hydroxylation is 5. The summed E-state index contributed by atoms with van der Waals surface area (Å²) < 4.78 is 34.8. The molecule has 3 aromatic rings. The van der Waals surface area contributed by atoms with E-state index in [0.717, 1.165) is 44.3 Å². The van der Waals surface area contributed by atoms with Crippen molar-refractivity contribution in [3.8, 4) is 16.9 Å². The highest BCUT2D eigenvalue weighted by Gasteiger charge is 2.45. The van der Waals surface area contributed by atoms with E-state index in [9.17, 15) is 13.2 Å². The zero-order valence-electron chi connectivity index (χ0n) is 24.6. The summed E-state index contributed by atoms with van der Waals surface area (Å²) in [5.41, 5.74) is 10.5. The van der Waals surface area contributed by atoms with Gasteiger partial charge in [-0.1, -0.05) is 49.4 Å². The van der Waals surface area contributed by atoms with E-state index in [1.54, 1.807) is 6.92 Å². The zero-order valence-corrected chi connectivity index (χ0v) is 25.4. The highest BCUT2D eigenvalue weighted by Crippen LogP contribution is 2.48. The van der Waals surface area contributed by atoms with E-state index in [1.165, 1.54) is 44.5 Å². The lowest BCUT2D eigenvalue weighted by molar-refractivity contribution is -0.144. The Morgan fingerprint density at radius 2 is 1.66 bits per heavy atom. The Balaban J connectivity index is 1.24. The second-order valence-corrected chi connectivity index (χ2v) is 14.0. The molecule has 6 heteroatoms. The van der Waals surface area contributed by atoms with Crippen LogP contribution in [0.4, 0.5) is 0 Å². The summed E-state index contributed by atoms with van der Waals surface area (Å²) in [4.78, 5) is 12.0. The third-order valence-corrected chi connectivity index (χ3v) is 10.3. The van der Waals surface area contributed by atoms with Gasteiger partial charge in [-0.15, -0.1) is 0 Å². The molecule has 218 valence electrons. The molecule has 0 bridgehead atoms. The van der Waals surface area contributed by atoms with Crippen molar-refractivity contribution >= 4 is 15.8 Å². The Kier molecular flexibility index (Phi) is 9.18. The van der Waals surface area contributed by atoms with Gasteiger partial charge in [0.25, 0.3) is 0 Å². The van der Waals surface area contributed by atoms with Crippen LogP contribution in [0, 0.1) is 12.8 Å². The predicted octanol–water partition coefficient (Wildman–Crippen LogP) is 6.81. The number of hydrogen-bond donors (Lipinski definition) is 0. The summed E-state index contributed by atoms with van der Waals surface area (Å²) in [6, 6.07) is 20.0. The van der Waals surface area contributed by atoms with Crippen LogP contribution in [0.15, 0.2) is 54.6 Å². The van der Waals surface area contributed by atoms with Crippen LogP contribution in [0.3, 0.4) is 0 Å². The third-order valence-electron chi connectivity index (χ3n) is 8.52. The summed E-state index contributed by atoms with van der Waals surface area (Å²) in [6.45, 7) is 6.55.